The average Bonchev–Trinajstić information content (AvgIpc) is 2.73. The van der Waals surface area contributed by atoms with Crippen LogP contribution in [-0.2, 0) is 12.4 Å². The van der Waals surface area contributed by atoms with Gasteiger partial charge in [-0.05, 0) is 18.8 Å². The van der Waals surface area contributed by atoms with E-state index in [2.05, 4.69) is 42.5 Å². The second kappa shape index (κ2) is 7.78. The summed E-state index contributed by atoms with van der Waals surface area (Å²) in [5.41, 5.74) is 0. The number of hydrogen-bond donors (Lipinski definition) is 0. The SMILES string of the molecule is CCCCC(CC)c1nnc(CCl)n1CC(C)C. The summed E-state index contributed by atoms with van der Waals surface area (Å²) in [5, 5.41) is 8.64. The van der Waals surface area contributed by atoms with Crippen LogP contribution in [0.2, 0.25) is 0 Å². The van der Waals surface area contributed by atoms with E-state index >= 15 is 0 Å². The number of unbranched alkanes of at least 4 members (excludes halogenated alkanes) is 1. The summed E-state index contributed by atoms with van der Waals surface area (Å²) in [7, 11) is 0. The molecule has 0 aliphatic heterocycles. The molecule has 104 valence electrons. The van der Waals surface area contributed by atoms with Crippen molar-refractivity contribution in [2.24, 2.45) is 5.92 Å². The van der Waals surface area contributed by atoms with Crippen molar-refractivity contribution in [1.82, 2.24) is 14.8 Å². The molecule has 1 rings (SSSR count). The Hall–Kier alpha value is -0.570. The van der Waals surface area contributed by atoms with Crippen molar-refractivity contribution in [2.45, 2.75) is 71.7 Å². The molecule has 3 nitrogen and oxygen atoms in total. The van der Waals surface area contributed by atoms with Crippen LogP contribution < -0.4 is 0 Å². The fourth-order valence-electron chi connectivity index (χ4n) is 2.28. The maximum absolute atomic E-state index is 5.96. The van der Waals surface area contributed by atoms with Gasteiger partial charge >= 0.3 is 0 Å². The zero-order valence-electron chi connectivity index (χ0n) is 12.1. The van der Waals surface area contributed by atoms with E-state index in [1.807, 2.05) is 0 Å². The fraction of sp³-hybridized carbons (Fsp3) is 0.857. The van der Waals surface area contributed by atoms with E-state index in [4.69, 9.17) is 11.6 Å². The van der Waals surface area contributed by atoms with Crippen LogP contribution in [0.5, 0.6) is 0 Å². The number of halogens is 1. The molecule has 0 fully saturated rings. The van der Waals surface area contributed by atoms with Gasteiger partial charge in [0.15, 0.2) is 0 Å². The normalized spacial score (nSPS) is 13.2. The molecule has 1 aromatic heterocycles. The average molecular weight is 272 g/mol. The smallest absolute Gasteiger partial charge is 0.147 e. The number of nitrogens with zero attached hydrogens (tertiary/aromatic N) is 3. The molecule has 1 atom stereocenters. The van der Waals surface area contributed by atoms with Gasteiger partial charge in [0.05, 0.1) is 5.88 Å². The standard InChI is InChI=1S/C14H26ClN3/c1-5-7-8-12(6-2)14-17-16-13(9-15)18(14)10-11(3)4/h11-12H,5-10H2,1-4H3. The summed E-state index contributed by atoms with van der Waals surface area (Å²) < 4.78 is 2.24. The quantitative estimate of drug-likeness (QED) is 0.658. The Bertz CT molecular complexity index is 347. The van der Waals surface area contributed by atoms with E-state index in [1.165, 1.54) is 19.3 Å². The van der Waals surface area contributed by atoms with Crippen LogP contribution in [0.15, 0.2) is 0 Å². The number of alkyl halides is 1. The van der Waals surface area contributed by atoms with Crippen molar-refractivity contribution < 1.29 is 0 Å². The van der Waals surface area contributed by atoms with Gasteiger partial charge in [-0.3, -0.25) is 0 Å². The molecule has 0 radical (unpaired) electrons. The van der Waals surface area contributed by atoms with E-state index in [9.17, 15) is 0 Å². The molecule has 0 aliphatic carbocycles. The summed E-state index contributed by atoms with van der Waals surface area (Å²) in [5.74, 6) is 3.60. The van der Waals surface area contributed by atoms with Gasteiger partial charge < -0.3 is 4.57 Å². The van der Waals surface area contributed by atoms with Crippen LogP contribution in [0.25, 0.3) is 0 Å². The predicted octanol–water partition coefficient (Wildman–Crippen LogP) is 4.36. The molecule has 18 heavy (non-hydrogen) atoms. The maximum Gasteiger partial charge on any atom is 0.147 e. The highest BCUT2D eigenvalue weighted by Gasteiger charge is 2.19. The molecule has 0 amide bonds. The minimum Gasteiger partial charge on any atom is -0.313 e. The molecular formula is C14H26ClN3. The number of aromatic nitrogens is 3. The van der Waals surface area contributed by atoms with Crippen LogP contribution in [0.1, 0.15) is 70.9 Å². The maximum atomic E-state index is 5.96. The monoisotopic (exact) mass is 271 g/mol. The lowest BCUT2D eigenvalue weighted by molar-refractivity contribution is 0.458. The van der Waals surface area contributed by atoms with Crippen molar-refractivity contribution >= 4 is 11.6 Å². The van der Waals surface area contributed by atoms with E-state index in [-0.39, 0.29) is 0 Å². The first kappa shape index (κ1) is 15.5. The van der Waals surface area contributed by atoms with E-state index in [1.54, 1.807) is 0 Å². The molecule has 1 aromatic rings. The van der Waals surface area contributed by atoms with Crippen molar-refractivity contribution in [3.8, 4) is 0 Å². The first-order chi connectivity index (χ1) is 8.63. The van der Waals surface area contributed by atoms with Crippen LogP contribution >= 0.6 is 11.6 Å². The van der Waals surface area contributed by atoms with Gasteiger partial charge in [-0.25, -0.2) is 0 Å². The fourth-order valence-corrected chi connectivity index (χ4v) is 2.48. The first-order valence-corrected chi connectivity index (χ1v) is 7.65. The van der Waals surface area contributed by atoms with Crippen LogP contribution in [-0.4, -0.2) is 14.8 Å². The highest BCUT2D eigenvalue weighted by atomic mass is 35.5. The molecule has 0 aromatic carbocycles. The number of rotatable bonds is 8. The zero-order valence-corrected chi connectivity index (χ0v) is 12.9. The number of hydrogen-bond acceptors (Lipinski definition) is 2. The Morgan fingerprint density at radius 3 is 2.44 bits per heavy atom. The largest absolute Gasteiger partial charge is 0.313 e. The van der Waals surface area contributed by atoms with Crippen molar-refractivity contribution in [3.63, 3.8) is 0 Å². The Kier molecular flexibility index (Phi) is 6.69. The summed E-state index contributed by atoms with van der Waals surface area (Å²) in [6, 6.07) is 0. The van der Waals surface area contributed by atoms with Crippen LogP contribution in [0.3, 0.4) is 0 Å². The van der Waals surface area contributed by atoms with Crippen molar-refractivity contribution in [2.75, 3.05) is 0 Å². The predicted molar refractivity (Wildman–Crippen MR) is 77.0 cm³/mol. The Balaban J connectivity index is 2.94. The Labute approximate surface area is 116 Å². The topological polar surface area (TPSA) is 30.7 Å². The van der Waals surface area contributed by atoms with Gasteiger partial charge in [-0.1, -0.05) is 40.5 Å². The molecule has 0 spiro atoms. The molecular weight excluding hydrogens is 246 g/mol. The molecule has 0 saturated heterocycles. The summed E-state index contributed by atoms with van der Waals surface area (Å²) in [6.45, 7) is 9.86. The molecule has 1 heterocycles. The third-order valence-corrected chi connectivity index (χ3v) is 3.53. The summed E-state index contributed by atoms with van der Waals surface area (Å²) >= 11 is 5.96. The van der Waals surface area contributed by atoms with Crippen molar-refractivity contribution in [3.05, 3.63) is 11.6 Å². The molecule has 4 heteroatoms. The van der Waals surface area contributed by atoms with E-state index < -0.39 is 0 Å². The van der Waals surface area contributed by atoms with E-state index in [0.717, 1.165) is 24.6 Å². The minimum absolute atomic E-state index is 0.448. The lowest BCUT2D eigenvalue weighted by Gasteiger charge is -2.17. The second-order valence-corrected chi connectivity index (χ2v) is 5.63. The highest BCUT2D eigenvalue weighted by molar-refractivity contribution is 6.16. The molecule has 0 N–H and O–H groups in total. The highest BCUT2D eigenvalue weighted by Crippen LogP contribution is 2.25. The van der Waals surface area contributed by atoms with Crippen LogP contribution in [0.4, 0.5) is 0 Å². The Morgan fingerprint density at radius 2 is 1.94 bits per heavy atom. The van der Waals surface area contributed by atoms with Gasteiger partial charge in [-0.2, -0.15) is 0 Å². The van der Waals surface area contributed by atoms with Gasteiger partial charge in [-0.15, -0.1) is 21.8 Å². The lowest BCUT2D eigenvalue weighted by Crippen LogP contribution is -2.14. The minimum atomic E-state index is 0.448. The zero-order chi connectivity index (χ0) is 13.5. The molecule has 0 bridgehead atoms. The summed E-state index contributed by atoms with van der Waals surface area (Å²) in [6.07, 6.45) is 4.81. The van der Waals surface area contributed by atoms with Crippen molar-refractivity contribution in [1.29, 1.82) is 0 Å². The summed E-state index contributed by atoms with van der Waals surface area (Å²) in [4.78, 5) is 0. The molecule has 1 unspecified atom stereocenters. The lowest BCUT2D eigenvalue weighted by atomic mass is 9.98. The van der Waals surface area contributed by atoms with Gasteiger partial charge in [0.2, 0.25) is 0 Å². The Morgan fingerprint density at radius 1 is 1.22 bits per heavy atom. The molecule has 0 aliphatic rings. The third kappa shape index (κ3) is 3.98. The van der Waals surface area contributed by atoms with E-state index in [0.29, 0.717) is 17.7 Å². The molecule has 0 saturated carbocycles. The third-order valence-electron chi connectivity index (χ3n) is 3.29. The van der Waals surface area contributed by atoms with Gasteiger partial charge in [0, 0.05) is 12.5 Å². The van der Waals surface area contributed by atoms with Gasteiger partial charge in [0.25, 0.3) is 0 Å². The first-order valence-electron chi connectivity index (χ1n) is 7.11. The second-order valence-electron chi connectivity index (χ2n) is 5.36. The van der Waals surface area contributed by atoms with Crippen LogP contribution in [0, 0.1) is 5.92 Å². The van der Waals surface area contributed by atoms with Gasteiger partial charge in [0.1, 0.15) is 11.6 Å².